The van der Waals surface area contributed by atoms with Gasteiger partial charge in [0.15, 0.2) is 6.23 Å². The minimum absolute atomic E-state index is 0.237. The largest absolute Gasteiger partial charge is 0.439 e. The summed E-state index contributed by atoms with van der Waals surface area (Å²) in [6, 6.07) is 7.63. The lowest BCUT2D eigenvalue weighted by atomic mass is 9.97. The fourth-order valence-electron chi connectivity index (χ4n) is 1.71. The van der Waals surface area contributed by atoms with Crippen LogP contribution in [-0.4, -0.2) is 21.0 Å². The summed E-state index contributed by atoms with van der Waals surface area (Å²) in [5.74, 6) is -0.237. The predicted octanol–water partition coefficient (Wildman–Crippen LogP) is 2.93. The SMILES string of the molecule is CCC(OC(=O)C(C)(C)C)n1nnc2ccccc21. The van der Waals surface area contributed by atoms with Crippen molar-refractivity contribution in [3.05, 3.63) is 24.3 Å². The summed E-state index contributed by atoms with van der Waals surface area (Å²) in [5, 5.41) is 8.17. The van der Waals surface area contributed by atoms with E-state index in [2.05, 4.69) is 10.3 Å². The van der Waals surface area contributed by atoms with Gasteiger partial charge in [0.25, 0.3) is 0 Å². The molecule has 0 radical (unpaired) electrons. The second kappa shape index (κ2) is 4.99. The van der Waals surface area contributed by atoms with Gasteiger partial charge >= 0.3 is 5.97 Å². The van der Waals surface area contributed by atoms with E-state index in [0.29, 0.717) is 6.42 Å². The first kappa shape index (κ1) is 13.5. The number of carbonyl (C=O) groups excluding carboxylic acids is 1. The fourth-order valence-corrected chi connectivity index (χ4v) is 1.71. The monoisotopic (exact) mass is 261 g/mol. The van der Waals surface area contributed by atoms with Gasteiger partial charge in [0.05, 0.1) is 10.9 Å². The summed E-state index contributed by atoms with van der Waals surface area (Å²) in [5.41, 5.74) is 1.15. The maximum Gasteiger partial charge on any atom is 0.313 e. The van der Waals surface area contributed by atoms with E-state index < -0.39 is 11.6 Å². The zero-order chi connectivity index (χ0) is 14.0. The number of aromatic nitrogens is 3. The van der Waals surface area contributed by atoms with Crippen LogP contribution in [0.2, 0.25) is 0 Å². The average Bonchev–Trinajstić information content (AvgIpc) is 2.78. The summed E-state index contributed by atoms with van der Waals surface area (Å²) in [4.78, 5) is 12.0. The van der Waals surface area contributed by atoms with Crippen molar-refractivity contribution < 1.29 is 9.53 Å². The molecule has 1 atom stereocenters. The molecule has 0 aliphatic heterocycles. The molecule has 5 heteroatoms. The van der Waals surface area contributed by atoms with Gasteiger partial charge in [-0.1, -0.05) is 24.3 Å². The van der Waals surface area contributed by atoms with E-state index in [0.717, 1.165) is 11.0 Å². The molecule has 1 heterocycles. The fraction of sp³-hybridized carbons (Fsp3) is 0.500. The summed E-state index contributed by atoms with van der Waals surface area (Å²) in [6.07, 6.45) is 0.231. The zero-order valence-electron chi connectivity index (χ0n) is 11.8. The van der Waals surface area contributed by atoms with Crippen molar-refractivity contribution in [3.63, 3.8) is 0 Å². The maximum atomic E-state index is 12.0. The average molecular weight is 261 g/mol. The molecule has 19 heavy (non-hydrogen) atoms. The molecule has 1 aromatic carbocycles. The lowest BCUT2D eigenvalue weighted by Gasteiger charge is -2.22. The van der Waals surface area contributed by atoms with Crippen LogP contribution in [0.3, 0.4) is 0 Å². The Morgan fingerprint density at radius 1 is 1.37 bits per heavy atom. The van der Waals surface area contributed by atoms with Crippen LogP contribution in [0.25, 0.3) is 11.0 Å². The van der Waals surface area contributed by atoms with Crippen LogP contribution in [-0.2, 0) is 9.53 Å². The van der Waals surface area contributed by atoms with Crippen LogP contribution in [0.1, 0.15) is 40.3 Å². The van der Waals surface area contributed by atoms with Crippen molar-refractivity contribution in [1.82, 2.24) is 15.0 Å². The number of benzene rings is 1. The lowest BCUT2D eigenvalue weighted by molar-refractivity contribution is -0.164. The van der Waals surface area contributed by atoms with Crippen molar-refractivity contribution >= 4 is 17.0 Å². The van der Waals surface area contributed by atoms with E-state index >= 15 is 0 Å². The van der Waals surface area contributed by atoms with Crippen molar-refractivity contribution in [3.8, 4) is 0 Å². The highest BCUT2D eigenvalue weighted by Gasteiger charge is 2.27. The number of para-hydroxylation sites is 1. The Hall–Kier alpha value is -1.91. The van der Waals surface area contributed by atoms with Crippen LogP contribution < -0.4 is 0 Å². The molecule has 5 nitrogen and oxygen atoms in total. The summed E-state index contributed by atoms with van der Waals surface area (Å²) >= 11 is 0. The highest BCUT2D eigenvalue weighted by atomic mass is 16.6. The molecule has 0 saturated carbocycles. The Kier molecular flexibility index (Phi) is 3.55. The van der Waals surface area contributed by atoms with Crippen LogP contribution in [0.15, 0.2) is 24.3 Å². The quantitative estimate of drug-likeness (QED) is 0.797. The first-order valence-corrected chi connectivity index (χ1v) is 6.44. The molecule has 1 aromatic heterocycles. The van der Waals surface area contributed by atoms with E-state index in [1.54, 1.807) is 4.68 Å². The highest BCUT2D eigenvalue weighted by Crippen LogP contribution is 2.23. The molecule has 0 aliphatic rings. The van der Waals surface area contributed by atoms with Gasteiger partial charge in [-0.15, -0.1) is 5.10 Å². The Balaban J connectivity index is 2.30. The van der Waals surface area contributed by atoms with E-state index in [4.69, 9.17) is 4.74 Å². The molecule has 2 rings (SSSR count). The third-order valence-electron chi connectivity index (χ3n) is 2.85. The number of rotatable bonds is 3. The lowest BCUT2D eigenvalue weighted by Crippen LogP contribution is -2.27. The summed E-state index contributed by atoms with van der Waals surface area (Å²) in [7, 11) is 0. The molecule has 0 bridgehead atoms. The Morgan fingerprint density at radius 2 is 2.05 bits per heavy atom. The molecule has 0 saturated heterocycles. The number of esters is 1. The van der Waals surface area contributed by atoms with E-state index in [1.807, 2.05) is 52.0 Å². The van der Waals surface area contributed by atoms with Crippen LogP contribution in [0.4, 0.5) is 0 Å². The molecule has 0 amide bonds. The number of carbonyl (C=O) groups is 1. The van der Waals surface area contributed by atoms with Gasteiger partial charge in [-0.2, -0.15) is 0 Å². The first-order valence-electron chi connectivity index (χ1n) is 6.44. The molecular weight excluding hydrogens is 242 g/mol. The van der Waals surface area contributed by atoms with Crippen molar-refractivity contribution in [2.45, 2.75) is 40.3 Å². The van der Waals surface area contributed by atoms with Gasteiger partial charge in [0.1, 0.15) is 5.52 Å². The number of hydrogen-bond donors (Lipinski definition) is 0. The predicted molar refractivity (Wildman–Crippen MR) is 72.4 cm³/mol. The molecule has 102 valence electrons. The van der Waals surface area contributed by atoms with Gasteiger partial charge < -0.3 is 4.74 Å². The Morgan fingerprint density at radius 3 is 2.68 bits per heavy atom. The molecule has 0 aliphatic carbocycles. The number of fused-ring (bicyclic) bond motifs is 1. The molecule has 0 spiro atoms. The second-order valence-electron chi connectivity index (χ2n) is 5.54. The van der Waals surface area contributed by atoms with Crippen molar-refractivity contribution in [1.29, 1.82) is 0 Å². The highest BCUT2D eigenvalue weighted by molar-refractivity contribution is 5.76. The summed E-state index contributed by atoms with van der Waals surface area (Å²) < 4.78 is 7.20. The third kappa shape index (κ3) is 2.75. The van der Waals surface area contributed by atoms with Gasteiger partial charge in [0, 0.05) is 6.42 Å². The molecule has 2 aromatic rings. The maximum absolute atomic E-state index is 12.0. The zero-order valence-corrected chi connectivity index (χ0v) is 11.8. The van der Waals surface area contributed by atoms with Gasteiger partial charge in [-0.3, -0.25) is 4.79 Å². The van der Waals surface area contributed by atoms with Crippen LogP contribution in [0, 0.1) is 5.41 Å². The van der Waals surface area contributed by atoms with Crippen LogP contribution in [0.5, 0.6) is 0 Å². The van der Waals surface area contributed by atoms with Gasteiger partial charge in [-0.25, -0.2) is 4.68 Å². The molecule has 0 fully saturated rings. The van der Waals surface area contributed by atoms with Crippen molar-refractivity contribution in [2.75, 3.05) is 0 Å². The summed E-state index contributed by atoms with van der Waals surface area (Å²) in [6.45, 7) is 7.46. The minimum atomic E-state index is -0.524. The number of hydrogen-bond acceptors (Lipinski definition) is 4. The minimum Gasteiger partial charge on any atom is -0.439 e. The van der Waals surface area contributed by atoms with E-state index in [1.165, 1.54) is 0 Å². The Bertz CT molecular complexity index is 584. The normalized spacial score (nSPS) is 13.5. The van der Waals surface area contributed by atoms with E-state index in [9.17, 15) is 4.79 Å². The second-order valence-corrected chi connectivity index (χ2v) is 5.54. The standard InChI is InChI=1S/C14H19N3O2/c1-5-12(19-13(18)14(2,3)4)17-11-9-7-6-8-10(11)15-16-17/h6-9,12H,5H2,1-4H3. The topological polar surface area (TPSA) is 57.0 Å². The smallest absolute Gasteiger partial charge is 0.313 e. The van der Waals surface area contributed by atoms with E-state index in [-0.39, 0.29) is 5.97 Å². The number of nitrogens with zero attached hydrogens (tertiary/aromatic N) is 3. The molecule has 0 N–H and O–H groups in total. The number of ether oxygens (including phenoxy) is 1. The van der Waals surface area contributed by atoms with Crippen LogP contribution >= 0.6 is 0 Å². The third-order valence-corrected chi connectivity index (χ3v) is 2.85. The van der Waals surface area contributed by atoms with Gasteiger partial charge in [-0.05, 0) is 32.9 Å². The molecule has 1 unspecified atom stereocenters. The van der Waals surface area contributed by atoms with Gasteiger partial charge in [0.2, 0.25) is 0 Å². The first-order chi connectivity index (χ1) is 8.93. The molecular formula is C14H19N3O2. The Labute approximate surface area is 112 Å². The van der Waals surface area contributed by atoms with Crippen molar-refractivity contribution in [2.24, 2.45) is 5.41 Å².